The van der Waals surface area contributed by atoms with Crippen LogP contribution in [0.1, 0.15) is 59.1 Å². The van der Waals surface area contributed by atoms with Gasteiger partial charge in [0.2, 0.25) is 11.8 Å². The predicted molar refractivity (Wildman–Crippen MR) is 192 cm³/mol. The summed E-state index contributed by atoms with van der Waals surface area (Å²) in [4.78, 5) is 55.8. The number of hydrogen-bond acceptors (Lipinski definition) is 11. The number of carbonyl (C=O) groups excluding carboxylic acids is 4. The van der Waals surface area contributed by atoms with Crippen LogP contribution in [0.5, 0.6) is 5.75 Å². The number of methoxy groups -OCH3 is 3. The number of epoxide rings is 1. The van der Waals surface area contributed by atoms with E-state index in [2.05, 4.69) is 11.9 Å². The second kappa shape index (κ2) is 16.0. The number of anilines is 1. The highest BCUT2D eigenvalue weighted by Gasteiger charge is 2.64. The Morgan fingerprint density at radius 1 is 1.21 bits per heavy atom. The quantitative estimate of drug-likeness (QED) is 0.233. The Morgan fingerprint density at radius 2 is 1.88 bits per heavy atom. The lowest BCUT2D eigenvalue weighted by Crippen LogP contribution is -2.63. The van der Waals surface area contributed by atoms with E-state index < -0.39 is 77.7 Å². The maximum Gasteiger partial charge on any atom is 0.409 e. The Balaban J connectivity index is 1.84. The molecule has 0 radical (unpaired) electrons. The van der Waals surface area contributed by atoms with Crippen LogP contribution in [0.25, 0.3) is 0 Å². The molecule has 4 rings (SSSR count). The number of likely N-dealkylation sites (N-methyl/N-ethyl adjacent to an activating group) is 1. The Bertz CT molecular complexity index is 1650. The average molecular weight is 748 g/mol. The zero-order valence-electron chi connectivity index (χ0n) is 31.4. The number of nitrogens with zero attached hydrogens (tertiary/aromatic N) is 2. The third kappa shape index (κ3) is 8.16. The van der Waals surface area contributed by atoms with Gasteiger partial charge in [-0.15, -0.1) is 0 Å². The molecule has 3 aliphatic rings. The summed E-state index contributed by atoms with van der Waals surface area (Å²) in [6.45, 7) is 12.0. The van der Waals surface area contributed by atoms with Gasteiger partial charge >= 0.3 is 12.1 Å². The van der Waals surface area contributed by atoms with E-state index >= 15 is 0 Å². The minimum absolute atomic E-state index is 0.0802. The van der Waals surface area contributed by atoms with Crippen LogP contribution in [0.3, 0.4) is 0 Å². The van der Waals surface area contributed by atoms with Crippen molar-refractivity contribution in [3.05, 3.63) is 58.7 Å². The van der Waals surface area contributed by atoms with Crippen LogP contribution in [0.15, 0.2) is 48.1 Å². The Labute approximate surface area is 309 Å². The summed E-state index contributed by atoms with van der Waals surface area (Å²) in [5, 5.41) is 14.4. The minimum Gasteiger partial charge on any atom is -0.495 e. The van der Waals surface area contributed by atoms with E-state index in [1.807, 2.05) is 6.92 Å². The number of fused-ring (bicyclic) bond motifs is 5. The van der Waals surface area contributed by atoms with Crippen LogP contribution in [0, 0.1) is 5.92 Å². The lowest BCUT2D eigenvalue weighted by molar-refractivity contribution is -0.161. The van der Waals surface area contributed by atoms with Crippen LogP contribution in [0.4, 0.5) is 10.5 Å². The van der Waals surface area contributed by atoms with Crippen LogP contribution >= 0.6 is 11.6 Å². The molecule has 0 aromatic heterocycles. The van der Waals surface area contributed by atoms with Crippen molar-refractivity contribution in [3.63, 3.8) is 0 Å². The number of nitrogens with one attached hydrogen (secondary N) is 1. The molecule has 14 nitrogen and oxygen atoms in total. The molecule has 3 amide bonds. The van der Waals surface area contributed by atoms with Gasteiger partial charge in [-0.25, -0.2) is 9.59 Å². The number of rotatable bonds is 7. The summed E-state index contributed by atoms with van der Waals surface area (Å²) in [7, 11) is 7.40. The number of carbonyl (C=O) groups is 4. The number of hydrogen-bond donors (Lipinski definition) is 2. The van der Waals surface area contributed by atoms with Crippen molar-refractivity contribution in [1.29, 1.82) is 0 Å². The number of esters is 1. The fourth-order valence-electron chi connectivity index (χ4n) is 6.77. The molecule has 0 saturated carbocycles. The number of aliphatic hydroxyl groups is 1. The van der Waals surface area contributed by atoms with E-state index in [0.29, 0.717) is 17.0 Å². The van der Waals surface area contributed by atoms with Gasteiger partial charge in [-0.05, 0) is 51.0 Å². The summed E-state index contributed by atoms with van der Waals surface area (Å²) < 4.78 is 35.0. The molecule has 0 spiro atoms. The van der Waals surface area contributed by atoms with Crippen molar-refractivity contribution < 1.29 is 52.7 Å². The van der Waals surface area contributed by atoms with E-state index in [4.69, 9.17) is 40.0 Å². The Hall–Kier alpha value is -3.95. The normalized spacial score (nSPS) is 32.9. The average Bonchev–Trinajstić information content (AvgIpc) is 3.79. The van der Waals surface area contributed by atoms with Crippen LogP contribution < -0.4 is 15.0 Å². The molecule has 4 bridgehead atoms. The van der Waals surface area contributed by atoms with E-state index in [1.165, 1.54) is 52.0 Å². The monoisotopic (exact) mass is 747 g/mol. The van der Waals surface area contributed by atoms with E-state index in [0.717, 1.165) is 5.57 Å². The largest absolute Gasteiger partial charge is 0.495 e. The zero-order valence-corrected chi connectivity index (χ0v) is 32.1. The predicted octanol–water partition coefficient (Wildman–Crippen LogP) is 4.24. The number of amides is 3. The van der Waals surface area contributed by atoms with Gasteiger partial charge in [0.1, 0.15) is 46.8 Å². The molecule has 15 heteroatoms. The van der Waals surface area contributed by atoms with E-state index in [-0.39, 0.29) is 23.4 Å². The molecule has 3 heterocycles. The molecular weight excluding hydrogens is 698 g/mol. The summed E-state index contributed by atoms with van der Waals surface area (Å²) in [5.74, 6) is -1.96. The number of halogens is 1. The highest BCUT2D eigenvalue weighted by Crippen LogP contribution is 2.49. The van der Waals surface area contributed by atoms with Crippen molar-refractivity contribution in [2.45, 2.75) is 95.3 Å². The lowest BCUT2D eigenvalue weighted by atomic mass is 9.83. The summed E-state index contributed by atoms with van der Waals surface area (Å²) in [5.41, 5.74) is -1.20. The fourth-order valence-corrected chi connectivity index (χ4v) is 7.09. The highest BCUT2D eigenvalue weighted by atomic mass is 35.5. The molecule has 1 aromatic carbocycles. The number of alkyl carbamates (subject to hydrolysis) is 1. The molecule has 2 N–H and O–H groups in total. The SMILES string of the molecule is C=C(C)C(=O)N(C)[C@@H](C)C(=O)O[C@H]1CC(=O)N(C)c2cc(cc(OC)c2Cl)[C@H](OC)/C(C)=C/C=C/[C@@H](OC)[C@@]2(O)C[C@H](OC(=O)N2)[C@@H](C)[C@@H]2O[C@@]12C. The molecule has 2 fully saturated rings. The topological polar surface area (TPSA) is 166 Å². The smallest absolute Gasteiger partial charge is 0.409 e. The van der Waals surface area contributed by atoms with Crippen molar-refractivity contribution in [2.75, 3.05) is 40.3 Å². The highest BCUT2D eigenvalue weighted by molar-refractivity contribution is 6.35. The maximum atomic E-state index is 14.2. The minimum atomic E-state index is -1.87. The number of ether oxygens (including phenoxy) is 6. The van der Waals surface area contributed by atoms with Gasteiger partial charge in [0.25, 0.3) is 0 Å². The maximum absolute atomic E-state index is 14.2. The third-order valence-electron chi connectivity index (χ3n) is 10.2. The summed E-state index contributed by atoms with van der Waals surface area (Å²) in [6.07, 6.45) is -0.549. The molecule has 52 heavy (non-hydrogen) atoms. The van der Waals surface area contributed by atoms with Gasteiger partial charge in [0.15, 0.2) is 5.72 Å². The van der Waals surface area contributed by atoms with Crippen molar-refractivity contribution >= 4 is 41.2 Å². The van der Waals surface area contributed by atoms with Gasteiger partial charge < -0.3 is 43.3 Å². The number of benzene rings is 1. The molecular formula is C37H50ClN3O11. The Morgan fingerprint density at radius 3 is 2.48 bits per heavy atom. The van der Waals surface area contributed by atoms with Gasteiger partial charge in [-0.1, -0.05) is 43.3 Å². The second-order valence-corrected chi connectivity index (χ2v) is 14.2. The molecule has 9 atom stereocenters. The second-order valence-electron chi connectivity index (χ2n) is 13.9. The zero-order chi connectivity index (χ0) is 38.9. The molecule has 286 valence electrons. The molecule has 1 aromatic rings. The van der Waals surface area contributed by atoms with Crippen LogP contribution in [0.2, 0.25) is 5.02 Å². The van der Waals surface area contributed by atoms with Gasteiger partial charge in [-0.3, -0.25) is 14.9 Å². The third-order valence-corrected chi connectivity index (χ3v) is 10.6. The first kappa shape index (κ1) is 40.8. The van der Waals surface area contributed by atoms with Gasteiger partial charge in [0, 0.05) is 46.2 Å². The van der Waals surface area contributed by atoms with Crippen LogP contribution in [-0.4, -0.2) is 111 Å². The molecule has 0 aliphatic carbocycles. The van der Waals surface area contributed by atoms with Crippen molar-refractivity contribution in [1.82, 2.24) is 10.2 Å². The first-order valence-corrected chi connectivity index (χ1v) is 17.3. The molecule has 0 unspecified atom stereocenters. The first-order chi connectivity index (χ1) is 24.3. The van der Waals surface area contributed by atoms with E-state index in [1.54, 1.807) is 51.3 Å². The number of allylic oxidation sites excluding steroid dienone is 2. The summed E-state index contributed by atoms with van der Waals surface area (Å²) in [6, 6.07) is 2.38. The standard InChI is InChI=1S/C37H50ClN3O11/c1-19(2)33(43)40(7)22(5)34(44)51-28-17-29(42)41(8)24-15-23(16-25(47-9)30(24)38)31(49-11)20(3)13-12-14-27(48-10)37(46)18-26(50-35(45)39-37)21(4)32-36(28,6)52-32/h12-16,21-22,26-28,31-32,46H,1,17-18H2,2-11H3,(H,39,45)/b14-12+,20-13+/t21-,22+,26+,27-,28+,31-,32+,36+,37+/m1/s1. The van der Waals surface area contributed by atoms with Crippen molar-refractivity contribution in [2.24, 2.45) is 5.92 Å². The van der Waals surface area contributed by atoms with Crippen LogP contribution in [-0.2, 0) is 38.1 Å². The van der Waals surface area contributed by atoms with E-state index in [9.17, 15) is 24.3 Å². The molecule has 3 aliphatic heterocycles. The first-order valence-electron chi connectivity index (χ1n) is 16.9. The summed E-state index contributed by atoms with van der Waals surface area (Å²) >= 11 is 6.78. The lowest BCUT2D eigenvalue weighted by Gasteiger charge is -2.42. The van der Waals surface area contributed by atoms with Gasteiger partial charge in [0.05, 0.1) is 25.3 Å². The Kier molecular flexibility index (Phi) is 12.5. The fraction of sp³-hybridized carbons (Fsp3) is 0.568. The molecule has 2 saturated heterocycles. The van der Waals surface area contributed by atoms with Gasteiger partial charge in [-0.2, -0.15) is 0 Å². The van der Waals surface area contributed by atoms with Crippen molar-refractivity contribution in [3.8, 4) is 5.75 Å².